The van der Waals surface area contributed by atoms with E-state index in [2.05, 4.69) is 17.6 Å². The van der Waals surface area contributed by atoms with Gasteiger partial charge in [-0.15, -0.1) is 0 Å². The van der Waals surface area contributed by atoms with Crippen molar-refractivity contribution in [1.82, 2.24) is 5.32 Å². The minimum absolute atomic E-state index is 0.0163. The highest BCUT2D eigenvalue weighted by Crippen LogP contribution is 2.09. The fraction of sp³-hybridized carbons (Fsp3) is 0.385. The molecule has 0 spiro atoms. The lowest BCUT2D eigenvalue weighted by Crippen LogP contribution is -2.35. The molecule has 0 aliphatic heterocycles. The minimum atomic E-state index is -0.216. The van der Waals surface area contributed by atoms with Crippen LogP contribution in [0.3, 0.4) is 0 Å². The highest BCUT2D eigenvalue weighted by Gasteiger charge is 2.06. The van der Waals surface area contributed by atoms with Crippen molar-refractivity contribution in [3.63, 3.8) is 0 Å². The minimum Gasteiger partial charge on any atom is -0.384 e. The van der Waals surface area contributed by atoms with Crippen LogP contribution in [0.4, 0.5) is 10.5 Å². The van der Waals surface area contributed by atoms with Crippen molar-refractivity contribution >= 4 is 17.6 Å². The first-order chi connectivity index (χ1) is 8.52. The number of carbonyl (C=O) groups excluding carboxylic acids is 1. The zero-order valence-electron chi connectivity index (χ0n) is 10.8. The maximum atomic E-state index is 11.6. The monoisotopic (exact) mass is 248 g/mol. The van der Waals surface area contributed by atoms with Crippen LogP contribution in [0, 0.1) is 5.41 Å². The van der Waals surface area contributed by atoms with Gasteiger partial charge in [0.25, 0.3) is 0 Å². The third kappa shape index (κ3) is 4.45. The third-order valence-electron chi connectivity index (χ3n) is 2.55. The first-order valence-corrected chi connectivity index (χ1v) is 6.05. The van der Waals surface area contributed by atoms with Crippen LogP contribution < -0.4 is 16.4 Å². The molecule has 1 atom stereocenters. The maximum absolute atomic E-state index is 11.6. The number of amides is 2. The number of hydrogen-bond acceptors (Lipinski definition) is 2. The first kappa shape index (κ1) is 14.0. The molecule has 5 heteroatoms. The third-order valence-corrected chi connectivity index (χ3v) is 2.55. The number of anilines is 1. The van der Waals surface area contributed by atoms with Gasteiger partial charge in [-0.05, 0) is 37.6 Å². The van der Waals surface area contributed by atoms with E-state index in [1.54, 1.807) is 24.3 Å². The molecule has 5 nitrogen and oxygen atoms in total. The van der Waals surface area contributed by atoms with Crippen LogP contribution in [-0.2, 0) is 0 Å². The van der Waals surface area contributed by atoms with Crippen molar-refractivity contribution in [2.24, 2.45) is 5.73 Å². The normalized spacial score (nSPS) is 11.7. The Balaban J connectivity index is 2.51. The van der Waals surface area contributed by atoms with E-state index in [-0.39, 0.29) is 17.9 Å². The smallest absolute Gasteiger partial charge is 0.319 e. The van der Waals surface area contributed by atoms with Crippen molar-refractivity contribution in [1.29, 1.82) is 5.41 Å². The van der Waals surface area contributed by atoms with E-state index < -0.39 is 0 Å². The zero-order chi connectivity index (χ0) is 13.5. The number of nitrogen functional groups attached to an aromatic ring is 1. The van der Waals surface area contributed by atoms with E-state index in [0.29, 0.717) is 11.3 Å². The van der Waals surface area contributed by atoms with Gasteiger partial charge in [0.15, 0.2) is 0 Å². The SMILES string of the molecule is CCC[C@H](C)NC(=O)Nc1ccc(C(=N)N)cc1. The topological polar surface area (TPSA) is 91.0 Å². The molecule has 18 heavy (non-hydrogen) atoms. The quantitative estimate of drug-likeness (QED) is 0.475. The molecule has 2 amide bonds. The molecule has 0 saturated heterocycles. The van der Waals surface area contributed by atoms with Gasteiger partial charge in [0.05, 0.1) is 0 Å². The average Bonchev–Trinajstić information content (AvgIpc) is 2.29. The molecule has 1 aromatic rings. The molecule has 0 unspecified atom stereocenters. The molecule has 0 bridgehead atoms. The Labute approximate surface area is 107 Å². The summed E-state index contributed by atoms with van der Waals surface area (Å²) in [6.07, 6.45) is 1.99. The molecule has 0 aliphatic rings. The Morgan fingerprint density at radius 2 is 2.00 bits per heavy atom. The van der Waals surface area contributed by atoms with Crippen molar-refractivity contribution in [3.05, 3.63) is 29.8 Å². The number of rotatable bonds is 5. The lowest BCUT2D eigenvalue weighted by atomic mass is 10.2. The number of nitrogens with two attached hydrogens (primary N) is 1. The fourth-order valence-electron chi connectivity index (χ4n) is 1.63. The number of amidine groups is 1. The van der Waals surface area contributed by atoms with Crippen LogP contribution in [0.5, 0.6) is 0 Å². The Morgan fingerprint density at radius 3 is 2.50 bits per heavy atom. The lowest BCUT2D eigenvalue weighted by molar-refractivity contribution is 0.248. The highest BCUT2D eigenvalue weighted by molar-refractivity contribution is 5.96. The Morgan fingerprint density at radius 1 is 1.39 bits per heavy atom. The predicted molar refractivity (Wildman–Crippen MR) is 74.0 cm³/mol. The molecule has 98 valence electrons. The summed E-state index contributed by atoms with van der Waals surface area (Å²) in [5.41, 5.74) is 6.67. The van der Waals surface area contributed by atoms with Crippen LogP contribution in [-0.4, -0.2) is 17.9 Å². The van der Waals surface area contributed by atoms with E-state index in [1.807, 2.05) is 6.92 Å². The van der Waals surface area contributed by atoms with Gasteiger partial charge in [-0.1, -0.05) is 13.3 Å². The molecule has 1 aromatic carbocycles. The van der Waals surface area contributed by atoms with Gasteiger partial charge in [0.1, 0.15) is 5.84 Å². The van der Waals surface area contributed by atoms with Gasteiger partial charge >= 0.3 is 6.03 Å². The summed E-state index contributed by atoms with van der Waals surface area (Å²) >= 11 is 0. The molecular weight excluding hydrogens is 228 g/mol. The average molecular weight is 248 g/mol. The van der Waals surface area contributed by atoms with Gasteiger partial charge in [-0.2, -0.15) is 0 Å². The molecule has 0 saturated carbocycles. The van der Waals surface area contributed by atoms with Gasteiger partial charge in [-0.3, -0.25) is 5.41 Å². The van der Waals surface area contributed by atoms with Crippen LogP contribution in [0.15, 0.2) is 24.3 Å². The van der Waals surface area contributed by atoms with Crippen LogP contribution >= 0.6 is 0 Å². The number of benzene rings is 1. The van der Waals surface area contributed by atoms with Crippen molar-refractivity contribution < 1.29 is 4.79 Å². The summed E-state index contributed by atoms with van der Waals surface area (Å²) in [6, 6.07) is 6.79. The zero-order valence-corrected chi connectivity index (χ0v) is 10.8. The number of hydrogen-bond donors (Lipinski definition) is 4. The molecule has 0 aromatic heterocycles. The Bertz CT molecular complexity index is 414. The number of carbonyl (C=O) groups is 1. The van der Waals surface area contributed by atoms with Crippen LogP contribution in [0.2, 0.25) is 0 Å². The fourth-order valence-corrected chi connectivity index (χ4v) is 1.63. The summed E-state index contributed by atoms with van der Waals surface area (Å²) in [5.74, 6) is 0.0163. The Kier molecular flexibility index (Phi) is 5.17. The van der Waals surface area contributed by atoms with E-state index in [9.17, 15) is 4.79 Å². The summed E-state index contributed by atoms with van der Waals surface area (Å²) < 4.78 is 0. The molecule has 5 N–H and O–H groups in total. The van der Waals surface area contributed by atoms with E-state index in [1.165, 1.54) is 0 Å². The Hall–Kier alpha value is -2.04. The van der Waals surface area contributed by atoms with Gasteiger partial charge in [-0.25, -0.2) is 4.79 Å². The molecule has 0 aliphatic carbocycles. The predicted octanol–water partition coefficient (Wildman–Crippen LogP) is 2.28. The summed E-state index contributed by atoms with van der Waals surface area (Å²) in [5, 5.41) is 12.8. The van der Waals surface area contributed by atoms with E-state index >= 15 is 0 Å². The molecule has 1 rings (SSSR count). The van der Waals surface area contributed by atoms with Crippen LogP contribution in [0.25, 0.3) is 0 Å². The second kappa shape index (κ2) is 6.64. The first-order valence-electron chi connectivity index (χ1n) is 6.05. The maximum Gasteiger partial charge on any atom is 0.319 e. The lowest BCUT2D eigenvalue weighted by Gasteiger charge is -2.13. The van der Waals surface area contributed by atoms with Gasteiger partial charge in [0, 0.05) is 17.3 Å². The summed E-state index contributed by atoms with van der Waals surface area (Å²) in [4.78, 5) is 11.6. The van der Waals surface area contributed by atoms with Gasteiger partial charge < -0.3 is 16.4 Å². The van der Waals surface area contributed by atoms with E-state index in [0.717, 1.165) is 12.8 Å². The van der Waals surface area contributed by atoms with E-state index in [4.69, 9.17) is 11.1 Å². The van der Waals surface area contributed by atoms with Crippen molar-refractivity contribution in [2.45, 2.75) is 32.7 Å². The largest absolute Gasteiger partial charge is 0.384 e. The number of urea groups is 1. The molecule has 0 fully saturated rings. The number of nitrogens with one attached hydrogen (secondary N) is 3. The van der Waals surface area contributed by atoms with Crippen molar-refractivity contribution in [3.8, 4) is 0 Å². The molecule has 0 radical (unpaired) electrons. The molecule has 0 heterocycles. The standard InChI is InChI=1S/C13H20N4O/c1-3-4-9(2)16-13(18)17-11-7-5-10(6-8-11)12(14)15/h5-9H,3-4H2,1-2H3,(H3,14,15)(H2,16,17,18)/t9-/m0/s1. The van der Waals surface area contributed by atoms with Crippen LogP contribution in [0.1, 0.15) is 32.3 Å². The summed E-state index contributed by atoms with van der Waals surface area (Å²) in [7, 11) is 0. The second-order valence-electron chi connectivity index (χ2n) is 4.28. The van der Waals surface area contributed by atoms with Gasteiger partial charge in [0.2, 0.25) is 0 Å². The highest BCUT2D eigenvalue weighted by atomic mass is 16.2. The second-order valence-corrected chi connectivity index (χ2v) is 4.28. The summed E-state index contributed by atoms with van der Waals surface area (Å²) in [6.45, 7) is 4.05. The molecular formula is C13H20N4O. The van der Waals surface area contributed by atoms with Crippen molar-refractivity contribution in [2.75, 3.05) is 5.32 Å².